The minimum absolute atomic E-state index is 0.208. The molecule has 25 heavy (non-hydrogen) atoms. The molecule has 0 aromatic heterocycles. The van der Waals surface area contributed by atoms with Crippen molar-refractivity contribution in [2.24, 2.45) is 0 Å². The number of methoxy groups -OCH3 is 1. The van der Waals surface area contributed by atoms with Crippen LogP contribution in [0, 0.1) is 0 Å². The number of fused-ring (bicyclic) bond motifs is 1. The van der Waals surface area contributed by atoms with E-state index >= 15 is 0 Å². The molecule has 0 radical (unpaired) electrons. The number of hydrogen-bond acceptors (Lipinski definition) is 3. The van der Waals surface area contributed by atoms with Crippen molar-refractivity contribution in [1.29, 1.82) is 0 Å². The molecular formula is C19H20ClNO3S. The van der Waals surface area contributed by atoms with Crippen molar-refractivity contribution in [2.75, 3.05) is 11.4 Å². The van der Waals surface area contributed by atoms with Gasteiger partial charge in [-0.3, -0.25) is 4.31 Å². The van der Waals surface area contributed by atoms with Crippen molar-refractivity contribution in [3.8, 4) is 5.75 Å². The largest absolute Gasteiger partial charge is 0.497 e. The van der Waals surface area contributed by atoms with Crippen LogP contribution in [0.4, 0.5) is 5.69 Å². The summed E-state index contributed by atoms with van der Waals surface area (Å²) >= 11 is 5.91. The number of sulfonamides is 1. The molecule has 2 aromatic rings. The second-order valence-corrected chi connectivity index (χ2v) is 8.81. The van der Waals surface area contributed by atoms with E-state index in [9.17, 15) is 8.42 Å². The van der Waals surface area contributed by atoms with E-state index in [1.807, 2.05) is 32.9 Å². The minimum atomic E-state index is -3.75. The van der Waals surface area contributed by atoms with Gasteiger partial charge in [-0.25, -0.2) is 8.42 Å². The lowest BCUT2D eigenvalue weighted by Gasteiger charge is -2.42. The van der Waals surface area contributed by atoms with E-state index in [4.69, 9.17) is 16.3 Å². The highest BCUT2D eigenvalue weighted by atomic mass is 35.5. The normalized spacial score (nSPS) is 16.2. The highest BCUT2D eigenvalue weighted by Crippen LogP contribution is 2.43. The summed E-state index contributed by atoms with van der Waals surface area (Å²) < 4.78 is 33.5. The van der Waals surface area contributed by atoms with Gasteiger partial charge in [-0.15, -0.1) is 0 Å². The van der Waals surface area contributed by atoms with E-state index in [1.54, 1.807) is 31.4 Å². The topological polar surface area (TPSA) is 46.6 Å². The number of nitrogens with zero attached hydrogens (tertiary/aromatic N) is 1. The van der Waals surface area contributed by atoms with E-state index in [2.05, 4.69) is 0 Å². The van der Waals surface area contributed by atoms with Gasteiger partial charge in [0.05, 0.1) is 23.2 Å². The first kappa shape index (κ1) is 17.8. The first-order valence-electron chi connectivity index (χ1n) is 7.86. The summed E-state index contributed by atoms with van der Waals surface area (Å²) in [6.45, 7) is 5.75. The standard InChI is InChI=1S/C19H20ClNO3S/c1-13-12-19(2,3)21(18-10-7-15(24-4)11-17(13)18)25(22,23)16-8-5-14(20)6-9-16/h5-12H,1-4H3. The Hall–Kier alpha value is -1.98. The average molecular weight is 378 g/mol. The number of hydrogen-bond donors (Lipinski definition) is 0. The van der Waals surface area contributed by atoms with E-state index in [-0.39, 0.29) is 4.90 Å². The Kier molecular flexibility index (Phi) is 4.33. The summed E-state index contributed by atoms with van der Waals surface area (Å²) in [6.07, 6.45) is 1.96. The van der Waals surface area contributed by atoms with Gasteiger partial charge in [0.25, 0.3) is 10.0 Å². The summed E-state index contributed by atoms with van der Waals surface area (Å²) in [7, 11) is -2.16. The van der Waals surface area contributed by atoms with Crippen LogP contribution in [0.25, 0.3) is 5.57 Å². The van der Waals surface area contributed by atoms with Crippen molar-refractivity contribution in [2.45, 2.75) is 31.2 Å². The molecule has 0 spiro atoms. The molecule has 0 amide bonds. The van der Waals surface area contributed by atoms with E-state index in [0.29, 0.717) is 16.5 Å². The van der Waals surface area contributed by atoms with Crippen LogP contribution >= 0.6 is 11.6 Å². The number of anilines is 1. The first-order chi connectivity index (χ1) is 11.7. The molecule has 0 atom stereocenters. The molecule has 0 unspecified atom stereocenters. The van der Waals surface area contributed by atoms with Gasteiger partial charge in [-0.2, -0.15) is 0 Å². The van der Waals surface area contributed by atoms with Crippen molar-refractivity contribution in [3.05, 3.63) is 59.1 Å². The van der Waals surface area contributed by atoms with Gasteiger partial charge in [0.1, 0.15) is 5.75 Å². The van der Waals surface area contributed by atoms with E-state index in [1.165, 1.54) is 16.4 Å². The molecular weight excluding hydrogens is 358 g/mol. The summed E-state index contributed by atoms with van der Waals surface area (Å²) in [4.78, 5) is 0.208. The van der Waals surface area contributed by atoms with Crippen LogP contribution in [0.2, 0.25) is 5.02 Å². The zero-order valence-corrected chi connectivity index (χ0v) is 16.1. The third-order valence-electron chi connectivity index (χ3n) is 4.29. The summed E-state index contributed by atoms with van der Waals surface area (Å²) in [5, 5.41) is 0.498. The van der Waals surface area contributed by atoms with Gasteiger partial charge in [0, 0.05) is 10.6 Å². The van der Waals surface area contributed by atoms with Crippen LogP contribution in [0.15, 0.2) is 53.4 Å². The molecule has 1 aliphatic rings. The minimum Gasteiger partial charge on any atom is -0.497 e. The lowest BCUT2D eigenvalue weighted by molar-refractivity contribution is 0.414. The molecule has 0 saturated carbocycles. The van der Waals surface area contributed by atoms with Gasteiger partial charge in [0.15, 0.2) is 0 Å². The molecule has 2 aromatic carbocycles. The average Bonchev–Trinajstić information content (AvgIpc) is 2.54. The van der Waals surface area contributed by atoms with Gasteiger partial charge in [0.2, 0.25) is 0 Å². The molecule has 1 aliphatic heterocycles. The molecule has 0 saturated heterocycles. The van der Waals surface area contributed by atoms with Crippen LogP contribution in [0.3, 0.4) is 0 Å². The summed E-state index contributed by atoms with van der Waals surface area (Å²) in [5.74, 6) is 0.690. The van der Waals surface area contributed by atoms with Crippen LogP contribution in [0.1, 0.15) is 26.3 Å². The molecule has 0 N–H and O–H groups in total. The highest BCUT2D eigenvalue weighted by Gasteiger charge is 2.40. The second kappa shape index (κ2) is 6.07. The second-order valence-electron chi connectivity index (χ2n) is 6.59. The molecule has 4 nitrogen and oxygen atoms in total. The summed E-state index contributed by atoms with van der Waals surface area (Å²) in [5.41, 5.74) is 1.79. The molecule has 3 rings (SSSR count). The van der Waals surface area contributed by atoms with E-state index < -0.39 is 15.6 Å². The lowest BCUT2D eigenvalue weighted by atomic mass is 9.91. The molecule has 6 heteroatoms. The molecule has 132 valence electrons. The molecule has 0 fully saturated rings. The molecule has 1 heterocycles. The summed E-state index contributed by atoms with van der Waals surface area (Å²) in [6, 6.07) is 11.7. The van der Waals surface area contributed by atoms with Crippen LogP contribution in [0.5, 0.6) is 5.75 Å². The number of allylic oxidation sites excluding steroid dienone is 1. The highest BCUT2D eigenvalue weighted by molar-refractivity contribution is 7.93. The van der Waals surface area contributed by atoms with Gasteiger partial charge < -0.3 is 4.74 Å². The van der Waals surface area contributed by atoms with Crippen LogP contribution in [-0.4, -0.2) is 21.1 Å². The monoisotopic (exact) mass is 377 g/mol. The fraction of sp³-hybridized carbons (Fsp3) is 0.263. The van der Waals surface area contributed by atoms with Crippen LogP contribution < -0.4 is 9.04 Å². The lowest BCUT2D eigenvalue weighted by Crippen LogP contribution is -2.48. The first-order valence-corrected chi connectivity index (χ1v) is 9.67. The smallest absolute Gasteiger partial charge is 0.265 e. The third kappa shape index (κ3) is 3.02. The Morgan fingerprint density at radius 2 is 1.72 bits per heavy atom. The predicted molar refractivity (Wildman–Crippen MR) is 102 cm³/mol. The fourth-order valence-electron chi connectivity index (χ4n) is 3.26. The Morgan fingerprint density at radius 1 is 1.08 bits per heavy atom. The predicted octanol–water partition coefficient (Wildman–Crippen LogP) is 4.74. The van der Waals surface area contributed by atoms with Gasteiger partial charge >= 0.3 is 0 Å². The van der Waals surface area contributed by atoms with Crippen molar-refractivity contribution in [3.63, 3.8) is 0 Å². The fourth-order valence-corrected chi connectivity index (χ4v) is 5.17. The number of halogens is 1. The third-order valence-corrected chi connectivity index (χ3v) is 6.56. The Labute approximate surface area is 153 Å². The van der Waals surface area contributed by atoms with Gasteiger partial charge in [-0.05, 0) is 68.8 Å². The van der Waals surface area contributed by atoms with E-state index in [0.717, 1.165) is 11.1 Å². The number of benzene rings is 2. The Bertz CT molecular complexity index is 947. The number of rotatable bonds is 3. The molecule has 0 bridgehead atoms. The quantitative estimate of drug-likeness (QED) is 0.776. The van der Waals surface area contributed by atoms with Crippen LogP contribution in [-0.2, 0) is 10.0 Å². The van der Waals surface area contributed by atoms with Crippen molar-refractivity contribution >= 4 is 32.9 Å². The van der Waals surface area contributed by atoms with Crippen molar-refractivity contribution < 1.29 is 13.2 Å². The Balaban J connectivity index is 2.23. The SMILES string of the molecule is COc1ccc2c(c1)C(C)=CC(C)(C)N2S(=O)(=O)c1ccc(Cl)cc1. The maximum Gasteiger partial charge on any atom is 0.265 e. The van der Waals surface area contributed by atoms with Gasteiger partial charge in [-0.1, -0.05) is 17.7 Å². The zero-order chi connectivity index (χ0) is 18.4. The number of ether oxygens (including phenoxy) is 1. The zero-order valence-electron chi connectivity index (χ0n) is 14.6. The maximum atomic E-state index is 13.4. The van der Waals surface area contributed by atoms with Crippen molar-refractivity contribution in [1.82, 2.24) is 0 Å². The molecule has 0 aliphatic carbocycles. The Morgan fingerprint density at radius 3 is 2.32 bits per heavy atom. The maximum absolute atomic E-state index is 13.4.